The molecule has 1 aliphatic heterocycles. The molecule has 4 aliphatic carbocycles. The first-order valence-corrected chi connectivity index (χ1v) is 19.1. The zero-order valence-electron chi connectivity index (χ0n) is 31.2. The van der Waals surface area contributed by atoms with Gasteiger partial charge in [0.25, 0.3) is 11.8 Å². The minimum absolute atomic E-state index is 0.0317. The maximum atomic E-state index is 13.7. The Morgan fingerprint density at radius 2 is 1.66 bits per heavy atom. The largest absolute Gasteiger partial charge is 0.391 e. The maximum Gasteiger partial charge on any atom is 0.253 e. The first kappa shape index (κ1) is 40.5. The molecule has 0 bridgehead atoms. The second kappa shape index (κ2) is 16.0. The molecule has 0 aromatic rings. The fourth-order valence-corrected chi connectivity index (χ4v) is 10.5. The van der Waals surface area contributed by atoms with E-state index in [-0.39, 0.29) is 79.3 Å². The molecule has 4 N–H and O–H groups in total. The van der Waals surface area contributed by atoms with E-state index >= 15 is 0 Å². The topological polar surface area (TPSA) is 188 Å². The van der Waals surface area contributed by atoms with Crippen LogP contribution in [0.25, 0.3) is 0 Å². The molecule has 14 heteroatoms. The zero-order chi connectivity index (χ0) is 38.9. The molecule has 0 spiro atoms. The van der Waals surface area contributed by atoms with Gasteiger partial charge in [-0.3, -0.25) is 38.5 Å². The number of unbranched alkanes of at least 4 members (excludes halogenated alkanes) is 2. The van der Waals surface area contributed by atoms with Crippen molar-refractivity contribution in [2.24, 2.45) is 34.5 Å². The lowest BCUT2D eigenvalue weighted by atomic mass is 9.46. The third kappa shape index (κ3) is 7.80. The number of hydrogen-bond donors (Lipinski definition) is 4. The third-order valence-electron chi connectivity index (χ3n) is 12.6. The van der Waals surface area contributed by atoms with Gasteiger partial charge in [0, 0.05) is 36.5 Å². The van der Waals surface area contributed by atoms with Crippen molar-refractivity contribution < 1.29 is 43.4 Å². The van der Waals surface area contributed by atoms with Crippen molar-refractivity contribution in [3.8, 4) is 0 Å². The van der Waals surface area contributed by atoms with Crippen molar-refractivity contribution in [1.82, 2.24) is 20.9 Å². The lowest BCUT2D eigenvalue weighted by Crippen LogP contribution is -2.66. The standard InChI is InChI=1S/C39H53ClN4O9/c1-22-17-28-27-11-10-25-18-26(45)14-15-38(25,5)39(27,40)30(47)19-37(28,4)34(22)29(46)20-53-21-41-35(51)23(2)43-36(52)24(3)42-31(48)9-7-6-8-16-44-32(49)12-13-33(44)50/h12-15,18,22-24,27-28,30,34,47H,6-11,16-17,19-21H2,1-5H3,(H,41,51)(H,42,48)(H,43,52)/t22?,23-,24-,27?,28?,30?,34?,37?,38?,39?/m0/s1. The Kier molecular flexibility index (Phi) is 12.2. The molecule has 3 fully saturated rings. The SMILES string of the molecule is CC1CC2C3CCC4=CC(=O)C=CC4(C)C3(Cl)C(O)CC2(C)C1C(=O)COCNC(=O)[C@H](C)NC(=O)[C@H](C)NC(=O)CCCCCN1C(=O)C=CC1=O. The summed E-state index contributed by atoms with van der Waals surface area (Å²) in [4.78, 5) is 86.9. The summed E-state index contributed by atoms with van der Waals surface area (Å²) in [5.74, 6) is -2.54. The molecule has 290 valence electrons. The van der Waals surface area contributed by atoms with Crippen molar-refractivity contribution >= 4 is 52.7 Å². The molecule has 0 aromatic carbocycles. The highest BCUT2D eigenvalue weighted by Crippen LogP contribution is 2.70. The molecule has 5 aliphatic rings. The summed E-state index contributed by atoms with van der Waals surface area (Å²) < 4.78 is 5.62. The van der Waals surface area contributed by atoms with Gasteiger partial charge >= 0.3 is 0 Å². The van der Waals surface area contributed by atoms with Gasteiger partial charge in [-0.1, -0.05) is 38.8 Å². The van der Waals surface area contributed by atoms with Crippen LogP contribution < -0.4 is 16.0 Å². The number of aliphatic hydroxyl groups excluding tert-OH is 1. The lowest BCUT2D eigenvalue weighted by Gasteiger charge is -2.63. The molecule has 53 heavy (non-hydrogen) atoms. The van der Waals surface area contributed by atoms with Crippen molar-refractivity contribution in [1.29, 1.82) is 0 Å². The number of aliphatic hydroxyl groups is 1. The molecule has 10 atom stereocenters. The number of halogens is 1. The Hall–Kier alpha value is -3.68. The minimum atomic E-state index is -0.994. The van der Waals surface area contributed by atoms with Gasteiger partial charge in [0.05, 0.1) is 11.0 Å². The third-order valence-corrected chi connectivity index (χ3v) is 13.6. The van der Waals surface area contributed by atoms with Crippen molar-refractivity contribution in [3.63, 3.8) is 0 Å². The summed E-state index contributed by atoms with van der Waals surface area (Å²) in [6.07, 6.45) is 11.1. The number of ketones is 2. The summed E-state index contributed by atoms with van der Waals surface area (Å²) in [6, 6.07) is -1.83. The predicted octanol–water partition coefficient (Wildman–Crippen LogP) is 2.64. The summed E-state index contributed by atoms with van der Waals surface area (Å²) in [5.41, 5.74) is -0.214. The van der Waals surface area contributed by atoms with Gasteiger partial charge in [0.15, 0.2) is 11.6 Å². The fourth-order valence-electron chi connectivity index (χ4n) is 9.95. The molecular formula is C39H53ClN4O9. The van der Waals surface area contributed by atoms with Crippen LogP contribution in [0.1, 0.15) is 86.0 Å². The molecule has 5 amide bonds. The van der Waals surface area contributed by atoms with Crippen LogP contribution in [0.3, 0.4) is 0 Å². The molecule has 0 radical (unpaired) electrons. The molecule has 8 unspecified atom stereocenters. The van der Waals surface area contributed by atoms with E-state index in [0.29, 0.717) is 32.1 Å². The maximum absolute atomic E-state index is 13.7. The van der Waals surface area contributed by atoms with E-state index in [0.717, 1.165) is 23.3 Å². The summed E-state index contributed by atoms with van der Waals surface area (Å²) >= 11 is 7.51. The number of amides is 5. The van der Waals surface area contributed by atoms with E-state index in [4.69, 9.17) is 16.3 Å². The van der Waals surface area contributed by atoms with Gasteiger partial charge in [0.1, 0.15) is 25.4 Å². The Bertz CT molecular complexity index is 1610. The highest BCUT2D eigenvalue weighted by Gasteiger charge is 2.70. The number of carbonyl (C=O) groups excluding carboxylic acids is 7. The number of rotatable bonds is 15. The first-order valence-electron chi connectivity index (χ1n) is 18.8. The van der Waals surface area contributed by atoms with Crippen LogP contribution in [0.4, 0.5) is 0 Å². The Morgan fingerprint density at radius 3 is 2.36 bits per heavy atom. The number of allylic oxidation sites excluding steroid dienone is 4. The number of ether oxygens (including phenoxy) is 1. The minimum Gasteiger partial charge on any atom is -0.391 e. The number of nitrogens with one attached hydrogen (secondary N) is 3. The Labute approximate surface area is 315 Å². The van der Waals surface area contributed by atoms with Gasteiger partial charge in [-0.2, -0.15) is 0 Å². The second-order valence-corrected chi connectivity index (χ2v) is 16.7. The van der Waals surface area contributed by atoms with Gasteiger partial charge in [-0.25, -0.2) is 0 Å². The number of nitrogens with zero attached hydrogens (tertiary/aromatic N) is 1. The van der Waals surface area contributed by atoms with E-state index in [1.165, 1.54) is 26.0 Å². The van der Waals surface area contributed by atoms with Crippen molar-refractivity contribution in [3.05, 3.63) is 36.0 Å². The summed E-state index contributed by atoms with van der Waals surface area (Å²) in [5, 5.41) is 19.5. The van der Waals surface area contributed by atoms with Crippen molar-refractivity contribution in [2.75, 3.05) is 19.9 Å². The van der Waals surface area contributed by atoms with E-state index < -0.39 is 45.7 Å². The van der Waals surface area contributed by atoms with E-state index in [2.05, 4.69) is 29.8 Å². The molecule has 3 saturated carbocycles. The highest BCUT2D eigenvalue weighted by atomic mass is 35.5. The molecule has 1 heterocycles. The number of Topliss-reactive ketones (excluding diaryl/α,β-unsaturated/α-hetero) is 1. The summed E-state index contributed by atoms with van der Waals surface area (Å²) in [7, 11) is 0. The average Bonchev–Trinajstić information content (AvgIpc) is 3.55. The molecule has 0 saturated heterocycles. The monoisotopic (exact) mass is 756 g/mol. The van der Waals surface area contributed by atoms with Crippen LogP contribution in [0.2, 0.25) is 0 Å². The number of alkyl halides is 1. The lowest BCUT2D eigenvalue weighted by molar-refractivity contribution is -0.142. The first-order chi connectivity index (χ1) is 24.9. The quantitative estimate of drug-likeness (QED) is 0.0843. The normalized spacial score (nSPS) is 34.1. The van der Waals surface area contributed by atoms with Crippen LogP contribution in [0.15, 0.2) is 36.0 Å². The van der Waals surface area contributed by atoms with Crippen molar-refractivity contribution in [2.45, 2.75) is 109 Å². The van der Waals surface area contributed by atoms with E-state index in [1.807, 2.05) is 13.0 Å². The molecule has 0 aromatic heterocycles. The molecule has 5 rings (SSSR count). The van der Waals surface area contributed by atoms with Crippen LogP contribution >= 0.6 is 11.6 Å². The van der Waals surface area contributed by atoms with Gasteiger partial charge < -0.3 is 25.8 Å². The predicted molar refractivity (Wildman–Crippen MR) is 195 cm³/mol. The second-order valence-electron chi connectivity index (χ2n) is 16.0. The van der Waals surface area contributed by atoms with Crippen LogP contribution in [-0.4, -0.2) is 94.1 Å². The van der Waals surface area contributed by atoms with E-state index in [9.17, 15) is 38.7 Å². The zero-order valence-corrected chi connectivity index (χ0v) is 32.0. The fraction of sp³-hybridized carbons (Fsp3) is 0.667. The number of fused-ring (bicyclic) bond motifs is 5. The number of hydrogen-bond acceptors (Lipinski definition) is 9. The Morgan fingerprint density at radius 1 is 0.981 bits per heavy atom. The number of carbonyl (C=O) groups is 7. The molecular weight excluding hydrogens is 704 g/mol. The van der Waals surface area contributed by atoms with Crippen LogP contribution in [0.5, 0.6) is 0 Å². The van der Waals surface area contributed by atoms with E-state index in [1.54, 1.807) is 12.2 Å². The summed E-state index contributed by atoms with van der Waals surface area (Å²) in [6.45, 7) is 8.97. The van der Waals surface area contributed by atoms with Gasteiger partial charge in [-0.05, 0) is 87.7 Å². The number of imide groups is 1. The average molecular weight is 757 g/mol. The Balaban J connectivity index is 1.03. The van der Waals surface area contributed by atoms with Gasteiger partial charge in [-0.15, -0.1) is 11.6 Å². The highest BCUT2D eigenvalue weighted by molar-refractivity contribution is 6.26. The van der Waals surface area contributed by atoms with Gasteiger partial charge in [0.2, 0.25) is 17.7 Å². The van der Waals surface area contributed by atoms with Crippen LogP contribution in [-0.2, 0) is 38.3 Å². The molecule has 13 nitrogen and oxygen atoms in total. The van der Waals surface area contributed by atoms with Crippen LogP contribution in [0, 0.1) is 34.5 Å². The smallest absolute Gasteiger partial charge is 0.253 e.